The van der Waals surface area contributed by atoms with Gasteiger partial charge in [0.2, 0.25) is 0 Å². The number of urea groups is 1. The molecule has 0 radical (unpaired) electrons. The molecule has 6 heteroatoms. The molecule has 2 N–H and O–H groups in total. The van der Waals surface area contributed by atoms with E-state index in [2.05, 4.69) is 5.32 Å². The predicted octanol–water partition coefficient (Wildman–Crippen LogP) is 1.06. The molecular formula is C12H22N2O4. The number of hydrogen-bond donors (Lipinski definition) is 2. The number of carboxylic acid groups (broad SMARTS) is 1. The molecule has 0 aromatic carbocycles. The maximum absolute atomic E-state index is 11.9. The van der Waals surface area contributed by atoms with Gasteiger partial charge in [0, 0.05) is 26.6 Å². The van der Waals surface area contributed by atoms with Crippen LogP contribution in [-0.4, -0.2) is 53.8 Å². The van der Waals surface area contributed by atoms with Crippen LogP contribution in [0.15, 0.2) is 0 Å². The quantitative estimate of drug-likeness (QED) is 0.773. The Morgan fingerprint density at radius 1 is 1.56 bits per heavy atom. The van der Waals surface area contributed by atoms with Gasteiger partial charge in [0.25, 0.3) is 0 Å². The first-order valence-corrected chi connectivity index (χ1v) is 6.22. The van der Waals surface area contributed by atoms with Crippen LogP contribution in [0.1, 0.15) is 33.1 Å². The Bertz CT molecular complexity index is 321. The number of nitrogens with zero attached hydrogens (tertiary/aromatic N) is 1. The first-order valence-electron chi connectivity index (χ1n) is 6.22. The van der Waals surface area contributed by atoms with Crippen molar-refractivity contribution in [1.29, 1.82) is 0 Å². The summed E-state index contributed by atoms with van der Waals surface area (Å²) in [5.41, 5.74) is -0.335. The van der Waals surface area contributed by atoms with Crippen LogP contribution < -0.4 is 5.32 Å². The molecular weight excluding hydrogens is 236 g/mol. The summed E-state index contributed by atoms with van der Waals surface area (Å²) in [6.45, 7) is 5.00. The fourth-order valence-corrected chi connectivity index (χ4v) is 1.91. The molecule has 0 aliphatic carbocycles. The van der Waals surface area contributed by atoms with Gasteiger partial charge in [-0.25, -0.2) is 4.79 Å². The van der Waals surface area contributed by atoms with Crippen molar-refractivity contribution >= 4 is 12.0 Å². The van der Waals surface area contributed by atoms with Crippen molar-refractivity contribution in [3.63, 3.8) is 0 Å². The molecule has 1 fully saturated rings. The molecule has 1 saturated heterocycles. The third kappa shape index (κ3) is 3.87. The number of rotatable bonds is 5. The van der Waals surface area contributed by atoms with E-state index in [9.17, 15) is 9.59 Å². The summed E-state index contributed by atoms with van der Waals surface area (Å²) < 4.78 is 5.45. The van der Waals surface area contributed by atoms with Crippen molar-refractivity contribution < 1.29 is 19.4 Å². The SMILES string of the molecule is CC1OCCC1(C)NC(=O)N(C)CCCC(=O)O. The number of nitrogens with one attached hydrogen (secondary N) is 1. The van der Waals surface area contributed by atoms with E-state index in [1.54, 1.807) is 7.05 Å². The van der Waals surface area contributed by atoms with Crippen LogP contribution >= 0.6 is 0 Å². The zero-order valence-electron chi connectivity index (χ0n) is 11.2. The van der Waals surface area contributed by atoms with Crippen LogP contribution in [0.2, 0.25) is 0 Å². The summed E-state index contributed by atoms with van der Waals surface area (Å²) in [5.74, 6) is -0.839. The Hall–Kier alpha value is -1.30. The highest BCUT2D eigenvalue weighted by atomic mass is 16.5. The third-order valence-electron chi connectivity index (χ3n) is 3.51. The maximum atomic E-state index is 11.9. The Labute approximate surface area is 107 Å². The predicted molar refractivity (Wildman–Crippen MR) is 66.5 cm³/mol. The van der Waals surface area contributed by atoms with Gasteiger partial charge in [-0.15, -0.1) is 0 Å². The third-order valence-corrected chi connectivity index (χ3v) is 3.51. The lowest BCUT2D eigenvalue weighted by atomic mass is 9.95. The number of carboxylic acids is 1. The minimum absolute atomic E-state index is 0.00568. The summed E-state index contributed by atoms with van der Waals surface area (Å²) in [6, 6.07) is -0.180. The normalized spacial score (nSPS) is 26.9. The minimum Gasteiger partial charge on any atom is -0.481 e. The van der Waals surface area contributed by atoms with E-state index < -0.39 is 5.97 Å². The molecule has 1 heterocycles. The number of carbonyl (C=O) groups excluding carboxylic acids is 1. The number of amides is 2. The molecule has 2 amide bonds. The first kappa shape index (κ1) is 14.8. The average molecular weight is 258 g/mol. The fourth-order valence-electron chi connectivity index (χ4n) is 1.91. The van der Waals surface area contributed by atoms with Crippen molar-refractivity contribution in [3.8, 4) is 0 Å². The van der Waals surface area contributed by atoms with Gasteiger partial charge >= 0.3 is 12.0 Å². The van der Waals surface area contributed by atoms with Gasteiger partial charge < -0.3 is 20.1 Å². The van der Waals surface area contributed by atoms with Crippen LogP contribution in [0.3, 0.4) is 0 Å². The molecule has 104 valence electrons. The molecule has 18 heavy (non-hydrogen) atoms. The highest BCUT2D eigenvalue weighted by Crippen LogP contribution is 2.25. The van der Waals surface area contributed by atoms with E-state index in [0.717, 1.165) is 6.42 Å². The second-order valence-electron chi connectivity index (χ2n) is 5.03. The van der Waals surface area contributed by atoms with Gasteiger partial charge in [-0.2, -0.15) is 0 Å². The molecule has 2 atom stereocenters. The van der Waals surface area contributed by atoms with Crippen molar-refractivity contribution in [2.24, 2.45) is 0 Å². The molecule has 0 saturated carbocycles. The van der Waals surface area contributed by atoms with Gasteiger partial charge in [0.1, 0.15) is 0 Å². The van der Waals surface area contributed by atoms with E-state index in [1.165, 1.54) is 4.90 Å². The van der Waals surface area contributed by atoms with Crippen LogP contribution in [0.25, 0.3) is 0 Å². The van der Waals surface area contributed by atoms with E-state index in [0.29, 0.717) is 19.6 Å². The average Bonchev–Trinajstić information content (AvgIpc) is 2.58. The summed E-state index contributed by atoms with van der Waals surface area (Å²) in [7, 11) is 1.67. The van der Waals surface area contributed by atoms with Crippen molar-refractivity contribution in [3.05, 3.63) is 0 Å². The monoisotopic (exact) mass is 258 g/mol. The molecule has 0 aromatic heterocycles. The van der Waals surface area contributed by atoms with Crippen molar-refractivity contribution in [2.75, 3.05) is 20.2 Å². The number of aliphatic carboxylic acids is 1. The van der Waals surface area contributed by atoms with E-state index >= 15 is 0 Å². The van der Waals surface area contributed by atoms with Gasteiger partial charge in [-0.3, -0.25) is 4.79 Å². The van der Waals surface area contributed by atoms with Gasteiger partial charge in [-0.05, 0) is 26.7 Å². The highest BCUT2D eigenvalue weighted by Gasteiger charge is 2.38. The van der Waals surface area contributed by atoms with Crippen molar-refractivity contribution in [2.45, 2.75) is 44.8 Å². The molecule has 6 nitrogen and oxygen atoms in total. The van der Waals surface area contributed by atoms with Gasteiger partial charge in [0.15, 0.2) is 0 Å². The Morgan fingerprint density at radius 3 is 2.72 bits per heavy atom. The smallest absolute Gasteiger partial charge is 0.317 e. The fraction of sp³-hybridized carbons (Fsp3) is 0.833. The molecule has 0 spiro atoms. The summed E-state index contributed by atoms with van der Waals surface area (Å²) in [6.07, 6.45) is 1.33. The standard InChI is InChI=1S/C12H22N2O4/c1-9-12(2,6-8-18-9)13-11(17)14(3)7-4-5-10(15)16/h9H,4-8H2,1-3H3,(H,13,17)(H,15,16). The van der Waals surface area contributed by atoms with E-state index in [-0.39, 0.29) is 24.1 Å². The topological polar surface area (TPSA) is 78.9 Å². The molecule has 1 aliphatic heterocycles. The van der Waals surface area contributed by atoms with Gasteiger partial charge in [-0.1, -0.05) is 0 Å². The Kier molecular flexibility index (Phi) is 4.95. The number of hydrogen-bond acceptors (Lipinski definition) is 3. The summed E-state index contributed by atoms with van der Waals surface area (Å²) in [5, 5.41) is 11.5. The zero-order chi connectivity index (χ0) is 13.8. The van der Waals surface area contributed by atoms with Crippen molar-refractivity contribution in [1.82, 2.24) is 10.2 Å². The largest absolute Gasteiger partial charge is 0.481 e. The number of carbonyl (C=O) groups is 2. The van der Waals surface area contributed by atoms with Crippen LogP contribution in [0.4, 0.5) is 4.79 Å². The molecule has 1 rings (SSSR count). The second kappa shape index (κ2) is 6.04. The van der Waals surface area contributed by atoms with Crippen LogP contribution in [0, 0.1) is 0 Å². The highest BCUT2D eigenvalue weighted by molar-refractivity contribution is 5.75. The Morgan fingerprint density at radius 2 is 2.22 bits per heavy atom. The maximum Gasteiger partial charge on any atom is 0.317 e. The van der Waals surface area contributed by atoms with Crippen LogP contribution in [0.5, 0.6) is 0 Å². The summed E-state index contributed by atoms with van der Waals surface area (Å²) in [4.78, 5) is 23.8. The van der Waals surface area contributed by atoms with Crippen LogP contribution in [-0.2, 0) is 9.53 Å². The van der Waals surface area contributed by atoms with E-state index in [1.807, 2.05) is 13.8 Å². The zero-order valence-corrected chi connectivity index (χ0v) is 11.2. The minimum atomic E-state index is -0.839. The Balaban J connectivity index is 2.37. The lowest BCUT2D eigenvalue weighted by Gasteiger charge is -2.31. The first-order chi connectivity index (χ1) is 8.35. The lowest BCUT2D eigenvalue weighted by molar-refractivity contribution is -0.137. The second-order valence-corrected chi connectivity index (χ2v) is 5.03. The number of ether oxygens (including phenoxy) is 1. The molecule has 0 bridgehead atoms. The molecule has 0 aromatic rings. The van der Waals surface area contributed by atoms with Gasteiger partial charge in [0.05, 0.1) is 11.6 Å². The molecule has 2 unspecified atom stereocenters. The van der Waals surface area contributed by atoms with E-state index in [4.69, 9.17) is 9.84 Å². The molecule has 1 aliphatic rings. The summed E-state index contributed by atoms with van der Waals surface area (Å²) >= 11 is 0. The lowest BCUT2D eigenvalue weighted by Crippen LogP contribution is -2.54.